The second-order valence-electron chi connectivity index (χ2n) is 9.79. The summed E-state index contributed by atoms with van der Waals surface area (Å²) in [7, 11) is -5.44. The summed E-state index contributed by atoms with van der Waals surface area (Å²) in [6.07, 6.45) is 2.13. The molecule has 29 heavy (non-hydrogen) atoms. The highest BCUT2D eigenvalue weighted by atomic mass is 32.2. The summed E-state index contributed by atoms with van der Waals surface area (Å²) < 4.78 is 38.3. The quantitative estimate of drug-likeness (QED) is 0.428. The molecule has 0 aromatic heterocycles. The third-order valence-electron chi connectivity index (χ3n) is 6.30. The zero-order valence-electron chi connectivity index (χ0n) is 18.6. The van der Waals surface area contributed by atoms with E-state index in [0.29, 0.717) is 24.2 Å². The van der Waals surface area contributed by atoms with Gasteiger partial charge in [0.15, 0.2) is 18.2 Å². The van der Waals surface area contributed by atoms with Crippen molar-refractivity contribution in [3.8, 4) is 0 Å². The van der Waals surface area contributed by atoms with Crippen LogP contribution in [-0.2, 0) is 23.8 Å². The number of sulfone groups is 1. The summed E-state index contributed by atoms with van der Waals surface area (Å²) in [5, 5.41) is 0.0473. The van der Waals surface area contributed by atoms with Crippen molar-refractivity contribution in [2.45, 2.75) is 82.4 Å². The maximum atomic E-state index is 12.8. The molecule has 1 saturated heterocycles. The van der Waals surface area contributed by atoms with Gasteiger partial charge in [0, 0.05) is 12.8 Å². The smallest absolute Gasteiger partial charge is 0.195 e. The predicted molar refractivity (Wildman–Crippen MR) is 118 cm³/mol. The van der Waals surface area contributed by atoms with Crippen molar-refractivity contribution in [2.75, 3.05) is 5.75 Å². The fourth-order valence-electron chi connectivity index (χ4n) is 3.46. The monoisotopic (exact) mass is 440 g/mol. The number of hydrogen-bond donors (Lipinski definition) is 0. The Kier molecular flexibility index (Phi) is 7.87. The van der Waals surface area contributed by atoms with Crippen molar-refractivity contribution in [1.82, 2.24) is 0 Å². The van der Waals surface area contributed by atoms with Crippen LogP contribution in [0.1, 0.15) is 47.0 Å². The van der Waals surface area contributed by atoms with Crippen molar-refractivity contribution < 1.29 is 22.4 Å². The second kappa shape index (κ2) is 9.41. The number of carbonyl (C=O) groups excluding carboxylic acids is 1. The van der Waals surface area contributed by atoms with Gasteiger partial charge in [0.25, 0.3) is 0 Å². The van der Waals surface area contributed by atoms with E-state index in [9.17, 15) is 13.2 Å². The van der Waals surface area contributed by atoms with Gasteiger partial charge in [0.05, 0.1) is 16.8 Å². The van der Waals surface area contributed by atoms with Crippen molar-refractivity contribution in [2.24, 2.45) is 11.8 Å². The zero-order chi connectivity index (χ0) is 21.9. The minimum absolute atomic E-state index is 0.0162. The first-order chi connectivity index (χ1) is 13.4. The summed E-state index contributed by atoms with van der Waals surface area (Å²) in [6, 6.07) is 8.53. The SMILES string of the molecule is C[C@H](CS(=O)(=O)c1ccccc1)[C@H]1C[C@@H](CC=O)C[C@@H](O[Si](C)(C)C(C)(C)C)O1. The van der Waals surface area contributed by atoms with Crippen LogP contribution in [0.15, 0.2) is 35.2 Å². The molecule has 1 heterocycles. The minimum atomic E-state index is -3.40. The molecule has 0 bridgehead atoms. The molecule has 5 nitrogen and oxygen atoms in total. The average molecular weight is 441 g/mol. The van der Waals surface area contributed by atoms with Gasteiger partial charge >= 0.3 is 0 Å². The van der Waals surface area contributed by atoms with Crippen LogP contribution in [0.4, 0.5) is 0 Å². The highest BCUT2D eigenvalue weighted by molar-refractivity contribution is 7.91. The van der Waals surface area contributed by atoms with Gasteiger partial charge in [-0.1, -0.05) is 45.9 Å². The van der Waals surface area contributed by atoms with E-state index < -0.39 is 18.2 Å². The van der Waals surface area contributed by atoms with Crippen LogP contribution in [-0.4, -0.2) is 41.2 Å². The van der Waals surface area contributed by atoms with Gasteiger partial charge in [0.1, 0.15) is 12.6 Å². The van der Waals surface area contributed by atoms with Crippen LogP contribution >= 0.6 is 0 Å². The normalized spacial score (nSPS) is 24.8. The number of aldehydes is 1. The van der Waals surface area contributed by atoms with Crippen LogP contribution in [0.3, 0.4) is 0 Å². The Morgan fingerprint density at radius 3 is 2.38 bits per heavy atom. The van der Waals surface area contributed by atoms with E-state index in [1.807, 2.05) is 6.92 Å². The number of carbonyl (C=O) groups is 1. The molecule has 1 aliphatic rings. The largest absolute Gasteiger partial charge is 0.392 e. The number of ether oxygens (including phenoxy) is 1. The fourth-order valence-corrected chi connectivity index (χ4v) is 6.29. The molecule has 1 aliphatic heterocycles. The van der Waals surface area contributed by atoms with Crippen LogP contribution < -0.4 is 0 Å². The third kappa shape index (κ3) is 6.48. The van der Waals surface area contributed by atoms with Gasteiger partial charge in [-0.25, -0.2) is 8.42 Å². The Balaban J connectivity index is 2.14. The van der Waals surface area contributed by atoms with Crippen molar-refractivity contribution >= 4 is 24.4 Å². The van der Waals surface area contributed by atoms with Gasteiger partial charge in [-0.15, -0.1) is 0 Å². The van der Waals surface area contributed by atoms with Gasteiger partial charge < -0.3 is 14.0 Å². The second-order valence-corrected chi connectivity index (χ2v) is 16.6. The van der Waals surface area contributed by atoms with E-state index in [2.05, 4.69) is 33.9 Å². The van der Waals surface area contributed by atoms with Crippen LogP contribution in [0.2, 0.25) is 18.1 Å². The molecule has 0 saturated carbocycles. The van der Waals surface area contributed by atoms with Crippen molar-refractivity contribution in [3.63, 3.8) is 0 Å². The predicted octanol–water partition coefficient (Wildman–Crippen LogP) is 4.83. The Labute approximate surface area is 177 Å². The van der Waals surface area contributed by atoms with Gasteiger partial charge in [-0.05, 0) is 48.5 Å². The molecule has 1 fully saturated rings. The Morgan fingerprint density at radius 1 is 1.21 bits per heavy atom. The topological polar surface area (TPSA) is 69.7 Å². The van der Waals surface area contributed by atoms with E-state index in [-0.39, 0.29) is 35.0 Å². The van der Waals surface area contributed by atoms with E-state index in [0.717, 1.165) is 6.29 Å². The first kappa shape index (κ1) is 24.2. The third-order valence-corrected chi connectivity index (χ3v) is 12.7. The van der Waals surface area contributed by atoms with Crippen LogP contribution in [0.25, 0.3) is 0 Å². The Bertz CT molecular complexity index is 770. The molecule has 7 heteroatoms. The Hall–Kier alpha value is -1.02. The first-order valence-electron chi connectivity index (χ1n) is 10.4. The molecule has 4 atom stereocenters. The molecule has 0 unspecified atom stereocenters. The molecule has 164 valence electrons. The summed E-state index contributed by atoms with van der Waals surface area (Å²) in [6.45, 7) is 12.8. The van der Waals surface area contributed by atoms with Gasteiger partial charge in [-0.3, -0.25) is 0 Å². The van der Waals surface area contributed by atoms with Crippen molar-refractivity contribution in [1.29, 1.82) is 0 Å². The van der Waals surface area contributed by atoms with E-state index in [4.69, 9.17) is 9.16 Å². The molecule has 1 aromatic rings. The molecule has 2 rings (SSSR count). The number of hydrogen-bond acceptors (Lipinski definition) is 5. The van der Waals surface area contributed by atoms with Crippen molar-refractivity contribution in [3.05, 3.63) is 30.3 Å². The Morgan fingerprint density at radius 2 is 1.83 bits per heavy atom. The summed E-state index contributed by atoms with van der Waals surface area (Å²) >= 11 is 0. The average Bonchev–Trinajstić information content (AvgIpc) is 2.61. The lowest BCUT2D eigenvalue weighted by Crippen LogP contribution is -2.48. The maximum Gasteiger partial charge on any atom is 0.195 e. The lowest BCUT2D eigenvalue weighted by molar-refractivity contribution is -0.180. The molecule has 0 spiro atoms. The lowest BCUT2D eigenvalue weighted by Gasteiger charge is -2.44. The molecule has 1 aromatic carbocycles. The molecule has 0 amide bonds. The molecule has 0 N–H and O–H groups in total. The first-order valence-corrected chi connectivity index (χ1v) is 15.0. The van der Waals surface area contributed by atoms with E-state index >= 15 is 0 Å². The zero-order valence-corrected chi connectivity index (χ0v) is 20.4. The van der Waals surface area contributed by atoms with E-state index in [1.54, 1.807) is 30.3 Å². The lowest BCUT2D eigenvalue weighted by atomic mass is 9.88. The van der Waals surface area contributed by atoms with Gasteiger partial charge in [-0.2, -0.15) is 0 Å². The van der Waals surface area contributed by atoms with Gasteiger partial charge in [0.2, 0.25) is 0 Å². The molecule has 0 aliphatic carbocycles. The highest BCUT2D eigenvalue weighted by Gasteiger charge is 2.42. The van der Waals surface area contributed by atoms with Crippen LogP contribution in [0.5, 0.6) is 0 Å². The molecular formula is C22H36O5SSi. The fraction of sp³-hybridized carbons (Fsp3) is 0.682. The van der Waals surface area contributed by atoms with Crippen LogP contribution in [0, 0.1) is 11.8 Å². The minimum Gasteiger partial charge on any atom is -0.392 e. The summed E-state index contributed by atoms with van der Waals surface area (Å²) in [5.41, 5.74) is 0. The number of benzene rings is 1. The molecule has 0 radical (unpaired) electrons. The summed E-state index contributed by atoms with van der Waals surface area (Å²) in [5.74, 6) is -0.0227. The molecular weight excluding hydrogens is 404 g/mol. The van der Waals surface area contributed by atoms with E-state index in [1.165, 1.54) is 0 Å². The highest BCUT2D eigenvalue weighted by Crippen LogP contribution is 2.40. The number of rotatable bonds is 8. The summed E-state index contributed by atoms with van der Waals surface area (Å²) in [4.78, 5) is 11.5. The maximum absolute atomic E-state index is 12.8. The standard InChI is InChI=1S/C22H36O5SSi/c1-17(16-28(24,25)19-10-8-7-9-11-19)20-14-18(12-13-23)15-21(26-20)27-29(5,6)22(2,3)4/h7-11,13,17-18,20-21H,12,14-16H2,1-6H3/t17-,18-,20-,21-/m1/s1.